The lowest BCUT2D eigenvalue weighted by molar-refractivity contribution is -0.142. The molecule has 0 aliphatic carbocycles. The van der Waals surface area contributed by atoms with E-state index in [1.807, 2.05) is 0 Å². The number of aliphatic carboxylic acids is 1. The van der Waals surface area contributed by atoms with Crippen molar-refractivity contribution >= 4 is 23.7 Å². The van der Waals surface area contributed by atoms with Crippen LogP contribution in [0.4, 0.5) is 0 Å². The first-order chi connectivity index (χ1) is 17.2. The average molecular weight is 501 g/mol. The molecule has 0 spiro atoms. The van der Waals surface area contributed by atoms with Gasteiger partial charge in [0.05, 0.1) is 25.0 Å². The van der Waals surface area contributed by atoms with Crippen molar-refractivity contribution in [2.75, 3.05) is 0 Å². The summed E-state index contributed by atoms with van der Waals surface area (Å²) in [6, 6.07) is -4.41. The van der Waals surface area contributed by atoms with Gasteiger partial charge in [0.2, 0.25) is 17.7 Å². The normalized spacial score (nSPS) is 14.3. The van der Waals surface area contributed by atoms with Crippen LogP contribution >= 0.6 is 0 Å². The average Bonchev–Trinajstić information content (AvgIpc) is 3.61. The number of rotatable bonds is 13. The minimum Gasteiger partial charge on any atom is -0.480 e. The minimum absolute atomic E-state index is 0.00795. The van der Waals surface area contributed by atoms with Gasteiger partial charge in [-0.1, -0.05) is 0 Å². The van der Waals surface area contributed by atoms with Gasteiger partial charge < -0.3 is 41.7 Å². The number of carboxylic acids is 1. The van der Waals surface area contributed by atoms with Crippen molar-refractivity contribution in [3.05, 3.63) is 54.7 Å². The number of imidazole rings is 3. The van der Waals surface area contributed by atoms with Gasteiger partial charge in [0.25, 0.3) is 0 Å². The van der Waals surface area contributed by atoms with Crippen molar-refractivity contribution in [1.82, 2.24) is 45.9 Å². The van der Waals surface area contributed by atoms with E-state index in [4.69, 9.17) is 5.73 Å². The Morgan fingerprint density at radius 1 is 0.750 bits per heavy atom. The Hall–Kier alpha value is -4.53. The summed E-state index contributed by atoms with van der Waals surface area (Å²) >= 11 is 0. The van der Waals surface area contributed by atoms with Crippen LogP contribution in [0.15, 0.2) is 37.6 Å². The third-order valence-electron chi connectivity index (χ3n) is 5.23. The highest BCUT2D eigenvalue weighted by atomic mass is 16.4. The molecule has 4 atom stereocenters. The number of carbonyl (C=O) groups excluding carboxylic acids is 3. The van der Waals surface area contributed by atoms with Crippen LogP contribution in [0.5, 0.6) is 0 Å². The van der Waals surface area contributed by atoms with E-state index in [1.165, 1.54) is 44.5 Å². The molecule has 3 rings (SSSR count). The summed E-state index contributed by atoms with van der Waals surface area (Å²) in [6.07, 6.45) is 8.67. The summed E-state index contributed by atoms with van der Waals surface area (Å²) in [6.45, 7) is 1.47. The van der Waals surface area contributed by atoms with E-state index in [0.29, 0.717) is 17.1 Å². The molecule has 0 saturated carbocycles. The monoisotopic (exact) mass is 500 g/mol. The lowest BCUT2D eigenvalue weighted by atomic mass is 10.1. The Morgan fingerprint density at radius 2 is 1.11 bits per heavy atom. The summed E-state index contributed by atoms with van der Waals surface area (Å²) in [5, 5.41) is 17.2. The molecule has 4 unspecified atom stereocenters. The SMILES string of the molecule is CC(N)C(=O)NC(Cc1cnc[nH]1)C(=O)NC(Cc1cnc[nH]1)C(=O)NC(Cc1cnc[nH]1)C(=O)O. The summed E-state index contributed by atoms with van der Waals surface area (Å²) < 4.78 is 0. The number of H-pyrrole nitrogens is 3. The predicted molar refractivity (Wildman–Crippen MR) is 124 cm³/mol. The molecule has 0 fully saturated rings. The van der Waals surface area contributed by atoms with Crippen LogP contribution in [0, 0.1) is 0 Å². The highest BCUT2D eigenvalue weighted by Gasteiger charge is 2.31. The summed E-state index contributed by atoms with van der Waals surface area (Å²) in [5.74, 6) is -3.22. The number of nitrogens with zero attached hydrogens (tertiary/aromatic N) is 3. The summed E-state index contributed by atoms with van der Waals surface area (Å²) in [5.41, 5.74) is 7.24. The number of aromatic amines is 3. The van der Waals surface area contributed by atoms with Gasteiger partial charge in [-0.15, -0.1) is 0 Å². The van der Waals surface area contributed by atoms with Gasteiger partial charge in [0.15, 0.2) is 0 Å². The zero-order valence-electron chi connectivity index (χ0n) is 19.4. The summed E-state index contributed by atoms with van der Waals surface area (Å²) in [7, 11) is 0. The molecule has 0 saturated heterocycles. The van der Waals surface area contributed by atoms with Crippen LogP contribution in [0.25, 0.3) is 0 Å². The molecule has 9 N–H and O–H groups in total. The molecule has 0 aliphatic rings. The van der Waals surface area contributed by atoms with Crippen LogP contribution in [0.2, 0.25) is 0 Å². The number of hydrogen-bond donors (Lipinski definition) is 8. The maximum Gasteiger partial charge on any atom is 0.326 e. The van der Waals surface area contributed by atoms with Crippen molar-refractivity contribution in [3.63, 3.8) is 0 Å². The standard InChI is InChI=1S/C21H28N10O5/c1-11(22)18(32)29-15(2-12-5-23-8-26-12)19(33)30-16(3-13-6-24-9-27-13)20(34)31-17(21(35)36)4-14-7-25-10-28-14/h5-11,15-17H,2-4,22H2,1H3,(H,23,26)(H,24,27)(H,25,28)(H,29,32)(H,30,33)(H,31,34)(H,35,36). The largest absolute Gasteiger partial charge is 0.480 e. The zero-order chi connectivity index (χ0) is 26.1. The molecule has 3 aromatic heterocycles. The number of hydrogen-bond acceptors (Lipinski definition) is 8. The molecule has 0 radical (unpaired) electrons. The number of nitrogens with two attached hydrogens (primary N) is 1. The Balaban J connectivity index is 1.77. The molecular formula is C21H28N10O5. The van der Waals surface area contributed by atoms with E-state index < -0.39 is 47.9 Å². The molecule has 0 aromatic carbocycles. The summed E-state index contributed by atoms with van der Waals surface area (Å²) in [4.78, 5) is 70.5. The molecular weight excluding hydrogens is 472 g/mol. The third-order valence-corrected chi connectivity index (χ3v) is 5.23. The van der Waals surface area contributed by atoms with Crippen LogP contribution < -0.4 is 21.7 Å². The first-order valence-corrected chi connectivity index (χ1v) is 11.0. The number of amides is 3. The van der Waals surface area contributed by atoms with Gasteiger partial charge in [-0.3, -0.25) is 14.4 Å². The second-order valence-corrected chi connectivity index (χ2v) is 8.15. The van der Waals surface area contributed by atoms with Gasteiger partial charge >= 0.3 is 5.97 Å². The Kier molecular flexibility index (Phi) is 8.88. The van der Waals surface area contributed by atoms with Crippen molar-refractivity contribution in [2.45, 2.75) is 50.4 Å². The van der Waals surface area contributed by atoms with Gasteiger partial charge in [-0.2, -0.15) is 0 Å². The first kappa shape index (κ1) is 26.1. The van der Waals surface area contributed by atoms with E-state index in [0.717, 1.165) is 0 Å². The topological polar surface area (TPSA) is 237 Å². The number of aromatic nitrogens is 6. The van der Waals surface area contributed by atoms with Crippen molar-refractivity contribution in [1.29, 1.82) is 0 Å². The van der Waals surface area contributed by atoms with Gasteiger partial charge in [0, 0.05) is 54.9 Å². The smallest absolute Gasteiger partial charge is 0.326 e. The molecule has 3 aromatic rings. The van der Waals surface area contributed by atoms with Crippen molar-refractivity contribution in [2.24, 2.45) is 5.73 Å². The maximum absolute atomic E-state index is 13.2. The van der Waals surface area contributed by atoms with E-state index in [1.54, 1.807) is 0 Å². The lowest BCUT2D eigenvalue weighted by Gasteiger charge is -2.24. The Bertz CT molecular complexity index is 1130. The quantitative estimate of drug-likeness (QED) is 0.126. The fourth-order valence-corrected chi connectivity index (χ4v) is 3.32. The van der Waals surface area contributed by atoms with E-state index in [2.05, 4.69) is 45.9 Å². The number of carboxylic acid groups (broad SMARTS) is 1. The van der Waals surface area contributed by atoms with Gasteiger partial charge in [-0.25, -0.2) is 19.7 Å². The molecule has 15 nitrogen and oxygen atoms in total. The van der Waals surface area contributed by atoms with E-state index in [-0.39, 0.29) is 19.3 Å². The molecule has 192 valence electrons. The first-order valence-electron chi connectivity index (χ1n) is 11.0. The van der Waals surface area contributed by atoms with Crippen LogP contribution in [0.3, 0.4) is 0 Å². The Labute approximate surface area is 205 Å². The molecule has 0 aliphatic heterocycles. The zero-order valence-corrected chi connectivity index (χ0v) is 19.4. The third kappa shape index (κ3) is 7.49. The molecule has 0 bridgehead atoms. The van der Waals surface area contributed by atoms with Crippen molar-refractivity contribution < 1.29 is 24.3 Å². The maximum atomic E-state index is 13.2. The molecule has 15 heteroatoms. The highest BCUT2D eigenvalue weighted by Crippen LogP contribution is 2.05. The number of carbonyl (C=O) groups is 4. The fourth-order valence-electron chi connectivity index (χ4n) is 3.32. The highest BCUT2D eigenvalue weighted by molar-refractivity contribution is 5.94. The van der Waals surface area contributed by atoms with Crippen molar-refractivity contribution in [3.8, 4) is 0 Å². The van der Waals surface area contributed by atoms with E-state index in [9.17, 15) is 24.3 Å². The van der Waals surface area contributed by atoms with Gasteiger partial charge in [-0.05, 0) is 6.92 Å². The minimum atomic E-state index is -1.28. The van der Waals surface area contributed by atoms with Gasteiger partial charge in [0.1, 0.15) is 18.1 Å². The lowest BCUT2D eigenvalue weighted by Crippen LogP contribution is -2.58. The molecule has 36 heavy (non-hydrogen) atoms. The second kappa shape index (κ2) is 12.3. The molecule has 3 heterocycles. The van der Waals surface area contributed by atoms with Crippen LogP contribution in [0.1, 0.15) is 24.0 Å². The van der Waals surface area contributed by atoms with E-state index >= 15 is 0 Å². The van der Waals surface area contributed by atoms with Crippen LogP contribution in [-0.4, -0.2) is 82.9 Å². The number of nitrogens with one attached hydrogen (secondary N) is 6. The van der Waals surface area contributed by atoms with Crippen LogP contribution in [-0.2, 0) is 38.4 Å². The second-order valence-electron chi connectivity index (χ2n) is 8.15. The Morgan fingerprint density at radius 3 is 1.44 bits per heavy atom. The fraction of sp³-hybridized carbons (Fsp3) is 0.381. The molecule has 3 amide bonds. The predicted octanol–water partition coefficient (Wildman–Crippen LogP) is -2.23.